The maximum absolute atomic E-state index is 12.5. The topological polar surface area (TPSA) is 108 Å². The van der Waals surface area contributed by atoms with Crippen molar-refractivity contribution in [2.45, 2.75) is 31.7 Å². The number of carboxylic acids is 1. The van der Waals surface area contributed by atoms with Crippen LogP contribution in [0.25, 0.3) is 0 Å². The zero-order valence-corrected chi connectivity index (χ0v) is 14.9. The number of anilines is 2. The molecular formula is C20H21N3O4. The normalized spacial score (nSPS) is 14.1. The van der Waals surface area contributed by atoms with Gasteiger partial charge in [0.25, 0.3) is 5.91 Å². The van der Waals surface area contributed by atoms with Gasteiger partial charge in [0.05, 0.1) is 5.92 Å². The van der Waals surface area contributed by atoms with Crippen LogP contribution in [0.4, 0.5) is 16.2 Å². The second kappa shape index (κ2) is 7.90. The van der Waals surface area contributed by atoms with E-state index in [-0.39, 0.29) is 18.0 Å². The predicted octanol–water partition coefficient (Wildman–Crippen LogP) is 3.41. The molecule has 0 bridgehead atoms. The van der Waals surface area contributed by atoms with Crippen molar-refractivity contribution in [2.24, 2.45) is 0 Å². The molecule has 140 valence electrons. The van der Waals surface area contributed by atoms with Gasteiger partial charge in [0.2, 0.25) is 0 Å². The van der Waals surface area contributed by atoms with Crippen molar-refractivity contribution >= 4 is 29.3 Å². The first-order valence-electron chi connectivity index (χ1n) is 8.74. The minimum absolute atomic E-state index is 0.247. The lowest BCUT2D eigenvalue weighted by molar-refractivity contribution is -0.138. The maximum Gasteiger partial charge on any atom is 0.319 e. The number of rotatable bonds is 6. The number of carbonyl (C=O) groups excluding carboxylic acids is 2. The Hall–Kier alpha value is -3.35. The molecule has 4 N–H and O–H groups in total. The molecule has 7 nitrogen and oxygen atoms in total. The van der Waals surface area contributed by atoms with Gasteiger partial charge in [0.15, 0.2) is 0 Å². The van der Waals surface area contributed by atoms with Crippen molar-refractivity contribution < 1.29 is 19.5 Å². The molecule has 3 amide bonds. The summed E-state index contributed by atoms with van der Waals surface area (Å²) >= 11 is 0. The highest BCUT2D eigenvalue weighted by atomic mass is 16.4. The fourth-order valence-corrected chi connectivity index (χ4v) is 2.55. The van der Waals surface area contributed by atoms with E-state index < -0.39 is 11.9 Å². The monoisotopic (exact) mass is 367 g/mol. The van der Waals surface area contributed by atoms with Gasteiger partial charge in [-0.05, 0) is 55.7 Å². The van der Waals surface area contributed by atoms with Gasteiger partial charge in [0.1, 0.15) is 0 Å². The van der Waals surface area contributed by atoms with Crippen molar-refractivity contribution in [3.8, 4) is 0 Å². The van der Waals surface area contributed by atoms with Crippen LogP contribution in [0.2, 0.25) is 0 Å². The van der Waals surface area contributed by atoms with Gasteiger partial charge in [-0.1, -0.05) is 18.2 Å². The molecule has 1 atom stereocenters. The van der Waals surface area contributed by atoms with Gasteiger partial charge in [-0.25, -0.2) is 4.79 Å². The van der Waals surface area contributed by atoms with Gasteiger partial charge < -0.3 is 21.1 Å². The van der Waals surface area contributed by atoms with Crippen LogP contribution >= 0.6 is 0 Å². The van der Waals surface area contributed by atoms with E-state index in [0.29, 0.717) is 22.5 Å². The molecule has 1 saturated carbocycles. The van der Waals surface area contributed by atoms with Gasteiger partial charge >= 0.3 is 12.0 Å². The molecule has 1 aliphatic carbocycles. The number of carboxylic acid groups (broad SMARTS) is 1. The fourth-order valence-electron chi connectivity index (χ4n) is 2.55. The molecule has 1 unspecified atom stereocenters. The number of benzene rings is 2. The molecule has 0 aliphatic heterocycles. The van der Waals surface area contributed by atoms with E-state index in [2.05, 4.69) is 16.0 Å². The van der Waals surface area contributed by atoms with Crippen molar-refractivity contribution in [3.63, 3.8) is 0 Å². The summed E-state index contributed by atoms with van der Waals surface area (Å²) in [5, 5.41) is 17.4. The second-order valence-electron chi connectivity index (χ2n) is 6.59. The molecule has 27 heavy (non-hydrogen) atoms. The zero-order valence-electron chi connectivity index (χ0n) is 14.9. The third kappa shape index (κ3) is 5.07. The van der Waals surface area contributed by atoms with Crippen LogP contribution < -0.4 is 16.0 Å². The number of hydrogen-bond acceptors (Lipinski definition) is 3. The number of carbonyl (C=O) groups is 3. The molecule has 0 radical (unpaired) electrons. The van der Waals surface area contributed by atoms with E-state index in [0.717, 1.165) is 12.8 Å². The summed E-state index contributed by atoms with van der Waals surface area (Å²) in [5.74, 6) is -1.94. The number of nitrogens with one attached hydrogen (secondary N) is 3. The van der Waals surface area contributed by atoms with E-state index in [1.165, 1.54) is 0 Å². The molecule has 0 aromatic heterocycles. The smallest absolute Gasteiger partial charge is 0.319 e. The number of hydrogen-bond donors (Lipinski definition) is 4. The Labute approximate surface area is 156 Å². The highest BCUT2D eigenvalue weighted by molar-refractivity contribution is 6.05. The lowest BCUT2D eigenvalue weighted by atomic mass is 10.0. The SMILES string of the molecule is CC(C(=O)O)c1cccc(NC(=O)c2cccc(NC(=O)NC3CC3)c2)c1. The van der Waals surface area contributed by atoms with Crippen LogP contribution in [-0.2, 0) is 4.79 Å². The highest BCUT2D eigenvalue weighted by Gasteiger charge is 2.23. The highest BCUT2D eigenvalue weighted by Crippen LogP contribution is 2.21. The van der Waals surface area contributed by atoms with Crippen LogP contribution in [0.1, 0.15) is 41.6 Å². The summed E-state index contributed by atoms with van der Waals surface area (Å²) in [7, 11) is 0. The van der Waals surface area contributed by atoms with E-state index in [1.54, 1.807) is 55.5 Å². The molecule has 1 fully saturated rings. The maximum atomic E-state index is 12.5. The Morgan fingerprint density at radius 3 is 2.33 bits per heavy atom. The molecule has 0 heterocycles. The van der Waals surface area contributed by atoms with E-state index in [1.807, 2.05) is 0 Å². The molecule has 1 aliphatic rings. The van der Waals surface area contributed by atoms with Crippen molar-refractivity contribution in [2.75, 3.05) is 10.6 Å². The van der Waals surface area contributed by atoms with Gasteiger partial charge in [-0.15, -0.1) is 0 Å². The Balaban J connectivity index is 1.67. The summed E-state index contributed by atoms with van der Waals surface area (Å²) in [6, 6.07) is 13.3. The fraction of sp³-hybridized carbons (Fsp3) is 0.250. The first-order valence-corrected chi connectivity index (χ1v) is 8.74. The van der Waals surface area contributed by atoms with Crippen molar-refractivity contribution in [3.05, 3.63) is 59.7 Å². The number of aliphatic carboxylic acids is 1. The molecule has 2 aromatic rings. The Kier molecular flexibility index (Phi) is 5.40. The van der Waals surface area contributed by atoms with Crippen LogP contribution in [-0.4, -0.2) is 29.1 Å². The van der Waals surface area contributed by atoms with Gasteiger partial charge in [0, 0.05) is 23.0 Å². The molecule has 2 aromatic carbocycles. The summed E-state index contributed by atoms with van der Waals surface area (Å²) in [6.07, 6.45) is 1.99. The third-order valence-corrected chi connectivity index (χ3v) is 4.31. The standard InChI is InChI=1S/C20H21N3O4/c1-12(19(25)26)13-4-2-6-16(10-13)21-18(24)14-5-3-7-17(11-14)23-20(27)22-15-8-9-15/h2-7,10-12,15H,8-9H2,1H3,(H,21,24)(H,25,26)(H2,22,23,27). The summed E-state index contributed by atoms with van der Waals surface area (Å²) in [4.78, 5) is 35.4. The average molecular weight is 367 g/mol. The van der Waals surface area contributed by atoms with Gasteiger partial charge in [-0.2, -0.15) is 0 Å². The van der Waals surface area contributed by atoms with Crippen LogP contribution in [0.15, 0.2) is 48.5 Å². The largest absolute Gasteiger partial charge is 0.481 e. The third-order valence-electron chi connectivity index (χ3n) is 4.31. The molecule has 0 saturated heterocycles. The Morgan fingerprint density at radius 1 is 1.00 bits per heavy atom. The zero-order chi connectivity index (χ0) is 19.4. The molecule has 7 heteroatoms. The van der Waals surface area contributed by atoms with Crippen molar-refractivity contribution in [1.29, 1.82) is 0 Å². The van der Waals surface area contributed by atoms with Crippen molar-refractivity contribution in [1.82, 2.24) is 5.32 Å². The lowest BCUT2D eigenvalue weighted by Crippen LogP contribution is -2.30. The Bertz CT molecular complexity index is 877. The summed E-state index contributed by atoms with van der Waals surface area (Å²) < 4.78 is 0. The molecule has 0 spiro atoms. The summed E-state index contributed by atoms with van der Waals surface area (Å²) in [6.45, 7) is 1.59. The van der Waals surface area contributed by atoms with Crippen LogP contribution in [0, 0.1) is 0 Å². The summed E-state index contributed by atoms with van der Waals surface area (Å²) in [5.41, 5.74) is 2.02. The minimum Gasteiger partial charge on any atom is -0.481 e. The lowest BCUT2D eigenvalue weighted by Gasteiger charge is -2.11. The van der Waals surface area contributed by atoms with Gasteiger partial charge in [-0.3, -0.25) is 9.59 Å². The van der Waals surface area contributed by atoms with E-state index in [9.17, 15) is 14.4 Å². The van der Waals surface area contributed by atoms with Crippen LogP contribution in [0.5, 0.6) is 0 Å². The first-order chi connectivity index (χ1) is 12.9. The van der Waals surface area contributed by atoms with E-state index >= 15 is 0 Å². The second-order valence-corrected chi connectivity index (χ2v) is 6.59. The minimum atomic E-state index is -0.929. The Morgan fingerprint density at radius 2 is 1.67 bits per heavy atom. The average Bonchev–Trinajstić information content (AvgIpc) is 3.45. The molecular weight excluding hydrogens is 346 g/mol. The molecule has 3 rings (SSSR count). The van der Waals surface area contributed by atoms with Crippen LogP contribution in [0.3, 0.4) is 0 Å². The van der Waals surface area contributed by atoms with E-state index in [4.69, 9.17) is 5.11 Å². The number of amides is 3. The first kappa shape index (κ1) is 18.4. The quantitative estimate of drug-likeness (QED) is 0.627. The predicted molar refractivity (Wildman–Crippen MR) is 102 cm³/mol. The number of urea groups is 1.